The molecule has 1 heterocycles. The maximum atomic E-state index is 5.58. The highest BCUT2D eigenvalue weighted by Crippen LogP contribution is 2.11. The summed E-state index contributed by atoms with van der Waals surface area (Å²) >= 11 is 3.47. The van der Waals surface area contributed by atoms with Gasteiger partial charge in [0.15, 0.2) is 0 Å². The van der Waals surface area contributed by atoms with Crippen LogP contribution in [0.5, 0.6) is 6.01 Å². The first kappa shape index (κ1) is 13.1. The van der Waals surface area contributed by atoms with Crippen LogP contribution in [0.4, 0.5) is 0 Å². The number of hydrogen-bond acceptors (Lipinski definition) is 3. The van der Waals surface area contributed by atoms with E-state index in [1.54, 1.807) is 11.0 Å². The van der Waals surface area contributed by atoms with Crippen molar-refractivity contribution in [3.8, 4) is 11.7 Å². The zero-order chi connectivity index (χ0) is 12.8. The summed E-state index contributed by atoms with van der Waals surface area (Å²) in [6, 6.07) is 10.3. The molecular weight excluding hydrogens is 294 g/mol. The molecule has 4 nitrogen and oxygen atoms in total. The lowest BCUT2D eigenvalue weighted by atomic mass is 10.1. The molecule has 0 aliphatic carbocycles. The van der Waals surface area contributed by atoms with E-state index in [1.807, 2.05) is 30.3 Å². The first-order valence-corrected chi connectivity index (χ1v) is 7.11. The number of alkyl halides is 1. The molecule has 1 atom stereocenters. The number of benzene rings is 1. The fraction of sp³-hybridized carbons (Fsp3) is 0.385. The Morgan fingerprint density at radius 2 is 2.11 bits per heavy atom. The lowest BCUT2D eigenvalue weighted by Crippen LogP contribution is -2.13. The molecule has 0 spiro atoms. The van der Waals surface area contributed by atoms with Crippen molar-refractivity contribution in [2.24, 2.45) is 5.92 Å². The second-order valence-electron chi connectivity index (χ2n) is 4.05. The van der Waals surface area contributed by atoms with Gasteiger partial charge >= 0.3 is 6.01 Å². The Balaban J connectivity index is 1.98. The first-order valence-electron chi connectivity index (χ1n) is 5.99. The van der Waals surface area contributed by atoms with E-state index in [2.05, 4.69) is 32.9 Å². The molecule has 0 saturated carbocycles. The summed E-state index contributed by atoms with van der Waals surface area (Å²) in [4.78, 5) is 4.15. The number of para-hydroxylation sites is 1. The second-order valence-corrected chi connectivity index (χ2v) is 4.69. The lowest BCUT2D eigenvalue weighted by molar-refractivity contribution is 0.241. The lowest BCUT2D eigenvalue weighted by Gasteiger charge is -2.09. The third-order valence-corrected chi connectivity index (χ3v) is 3.65. The Morgan fingerprint density at radius 3 is 2.78 bits per heavy atom. The van der Waals surface area contributed by atoms with Gasteiger partial charge in [0.1, 0.15) is 6.33 Å². The topological polar surface area (TPSA) is 39.9 Å². The number of hydrogen-bond donors (Lipinski definition) is 0. The van der Waals surface area contributed by atoms with Crippen LogP contribution in [0.25, 0.3) is 5.69 Å². The van der Waals surface area contributed by atoms with Crippen molar-refractivity contribution in [1.82, 2.24) is 14.8 Å². The molecule has 2 rings (SSSR count). The van der Waals surface area contributed by atoms with Crippen LogP contribution in [0, 0.1) is 5.92 Å². The molecule has 0 aliphatic heterocycles. The maximum absolute atomic E-state index is 5.58. The predicted octanol–water partition coefficient (Wildman–Crippen LogP) is 3.07. The van der Waals surface area contributed by atoms with Gasteiger partial charge in [-0.15, -0.1) is 5.10 Å². The van der Waals surface area contributed by atoms with Crippen LogP contribution in [0.3, 0.4) is 0 Å². The SMILES string of the molecule is CCC(CBr)COc1ncn(-c2ccccc2)n1. The standard InChI is InChI=1S/C13H16BrN3O/c1-2-11(8-14)9-18-13-15-10-17(16-13)12-6-4-3-5-7-12/h3-7,10-11H,2,8-9H2,1H3. The Bertz CT molecular complexity index is 468. The number of rotatable bonds is 6. The largest absolute Gasteiger partial charge is 0.462 e. The summed E-state index contributed by atoms with van der Waals surface area (Å²) in [7, 11) is 0. The Kier molecular flexibility index (Phi) is 4.75. The van der Waals surface area contributed by atoms with Crippen molar-refractivity contribution in [3.05, 3.63) is 36.7 Å². The molecule has 1 aromatic heterocycles. The molecule has 0 N–H and O–H groups in total. The number of ether oxygens (including phenoxy) is 1. The molecule has 0 saturated heterocycles. The van der Waals surface area contributed by atoms with Crippen LogP contribution in [-0.4, -0.2) is 26.7 Å². The minimum absolute atomic E-state index is 0.429. The van der Waals surface area contributed by atoms with Crippen molar-refractivity contribution in [2.75, 3.05) is 11.9 Å². The highest BCUT2D eigenvalue weighted by Gasteiger charge is 2.08. The van der Waals surface area contributed by atoms with Gasteiger partial charge in [-0.1, -0.05) is 41.1 Å². The fourth-order valence-corrected chi connectivity index (χ4v) is 2.13. The average Bonchev–Trinajstić information content (AvgIpc) is 2.90. The Hall–Kier alpha value is -1.36. The number of nitrogens with zero attached hydrogens (tertiary/aromatic N) is 3. The first-order chi connectivity index (χ1) is 8.83. The fourth-order valence-electron chi connectivity index (χ4n) is 1.48. The van der Waals surface area contributed by atoms with E-state index < -0.39 is 0 Å². The smallest absolute Gasteiger partial charge is 0.335 e. The summed E-state index contributed by atoms with van der Waals surface area (Å²) in [5.74, 6) is 0.494. The molecule has 1 unspecified atom stereocenters. The highest BCUT2D eigenvalue weighted by atomic mass is 79.9. The minimum atomic E-state index is 0.429. The highest BCUT2D eigenvalue weighted by molar-refractivity contribution is 9.09. The molecule has 0 aliphatic rings. The van der Waals surface area contributed by atoms with E-state index in [4.69, 9.17) is 4.74 Å². The van der Waals surface area contributed by atoms with E-state index >= 15 is 0 Å². The van der Waals surface area contributed by atoms with Crippen molar-refractivity contribution in [1.29, 1.82) is 0 Å². The van der Waals surface area contributed by atoms with Crippen LogP contribution < -0.4 is 4.74 Å². The summed E-state index contributed by atoms with van der Waals surface area (Å²) in [5, 5.41) is 5.22. The van der Waals surface area contributed by atoms with Crippen LogP contribution >= 0.6 is 15.9 Å². The average molecular weight is 310 g/mol. The van der Waals surface area contributed by atoms with Crippen LogP contribution in [-0.2, 0) is 0 Å². The molecule has 96 valence electrons. The monoisotopic (exact) mass is 309 g/mol. The summed E-state index contributed by atoms with van der Waals surface area (Å²) in [5.41, 5.74) is 0.979. The molecule has 0 amide bonds. The molecule has 0 fully saturated rings. The molecule has 2 aromatic rings. The van der Waals surface area contributed by atoms with Gasteiger partial charge in [-0.25, -0.2) is 4.68 Å². The maximum Gasteiger partial charge on any atom is 0.335 e. The molecule has 5 heteroatoms. The van der Waals surface area contributed by atoms with Gasteiger partial charge < -0.3 is 4.74 Å². The Labute approximate surface area is 115 Å². The van der Waals surface area contributed by atoms with Gasteiger partial charge in [-0.05, 0) is 18.6 Å². The number of aromatic nitrogens is 3. The van der Waals surface area contributed by atoms with E-state index in [0.717, 1.165) is 17.4 Å². The summed E-state index contributed by atoms with van der Waals surface area (Å²) in [6.07, 6.45) is 2.74. The van der Waals surface area contributed by atoms with Gasteiger partial charge in [-0.3, -0.25) is 0 Å². The normalized spacial score (nSPS) is 12.3. The minimum Gasteiger partial charge on any atom is -0.462 e. The van der Waals surface area contributed by atoms with E-state index in [1.165, 1.54) is 0 Å². The molecule has 1 aromatic carbocycles. The Morgan fingerprint density at radius 1 is 1.33 bits per heavy atom. The van der Waals surface area contributed by atoms with Crippen molar-refractivity contribution in [2.45, 2.75) is 13.3 Å². The molecular formula is C13H16BrN3O. The molecule has 0 radical (unpaired) electrons. The van der Waals surface area contributed by atoms with E-state index in [-0.39, 0.29) is 0 Å². The van der Waals surface area contributed by atoms with Crippen LogP contribution in [0.1, 0.15) is 13.3 Å². The zero-order valence-electron chi connectivity index (χ0n) is 10.3. The van der Waals surface area contributed by atoms with Crippen LogP contribution in [0.15, 0.2) is 36.7 Å². The van der Waals surface area contributed by atoms with Crippen LogP contribution in [0.2, 0.25) is 0 Å². The quantitative estimate of drug-likeness (QED) is 0.770. The van der Waals surface area contributed by atoms with E-state index in [9.17, 15) is 0 Å². The number of halogens is 1. The summed E-state index contributed by atoms with van der Waals surface area (Å²) < 4.78 is 7.29. The van der Waals surface area contributed by atoms with Gasteiger partial charge in [0.05, 0.1) is 12.3 Å². The van der Waals surface area contributed by atoms with Crippen molar-refractivity contribution < 1.29 is 4.74 Å². The van der Waals surface area contributed by atoms with Crippen molar-refractivity contribution in [3.63, 3.8) is 0 Å². The van der Waals surface area contributed by atoms with Gasteiger partial charge in [0, 0.05) is 11.2 Å². The second kappa shape index (κ2) is 6.54. The van der Waals surface area contributed by atoms with Gasteiger partial charge in [0.25, 0.3) is 0 Å². The van der Waals surface area contributed by atoms with Crippen molar-refractivity contribution >= 4 is 15.9 Å². The van der Waals surface area contributed by atoms with Gasteiger partial charge in [0.2, 0.25) is 0 Å². The zero-order valence-corrected chi connectivity index (χ0v) is 11.9. The summed E-state index contributed by atoms with van der Waals surface area (Å²) in [6.45, 7) is 2.78. The molecule has 0 bridgehead atoms. The van der Waals surface area contributed by atoms with E-state index in [0.29, 0.717) is 18.5 Å². The third kappa shape index (κ3) is 3.32. The molecule has 18 heavy (non-hydrogen) atoms. The predicted molar refractivity (Wildman–Crippen MR) is 74.4 cm³/mol. The van der Waals surface area contributed by atoms with Gasteiger partial charge in [-0.2, -0.15) is 4.98 Å². The third-order valence-electron chi connectivity index (χ3n) is 2.74.